The highest BCUT2D eigenvalue weighted by atomic mass is 16.5. The van der Waals surface area contributed by atoms with Gasteiger partial charge in [-0.05, 0) is 0 Å². The Labute approximate surface area is 52.5 Å². The molecule has 0 bridgehead atoms. The third-order valence-corrected chi connectivity index (χ3v) is 1.38. The number of aromatic amines is 1. The van der Waals surface area contributed by atoms with Crippen molar-refractivity contribution in [1.82, 2.24) is 10.1 Å². The average Bonchev–Trinajstić information content (AvgIpc) is 2.33. The minimum Gasteiger partial charge on any atom is -0.427 e. The summed E-state index contributed by atoms with van der Waals surface area (Å²) in [6, 6.07) is 0.709. The van der Waals surface area contributed by atoms with Crippen LogP contribution in [0.3, 0.4) is 0 Å². The van der Waals surface area contributed by atoms with E-state index in [4.69, 9.17) is 4.74 Å². The van der Waals surface area contributed by atoms with Gasteiger partial charge in [-0.25, -0.2) is 0 Å². The lowest BCUT2D eigenvalue weighted by molar-refractivity contribution is -0.762. The second-order valence-corrected chi connectivity index (χ2v) is 2.02. The molecule has 4 heteroatoms. The van der Waals surface area contributed by atoms with Gasteiger partial charge in [-0.2, -0.15) is 5.10 Å². The predicted molar refractivity (Wildman–Crippen MR) is 28.9 cm³/mol. The van der Waals surface area contributed by atoms with E-state index in [1.165, 1.54) is 0 Å². The van der Waals surface area contributed by atoms with E-state index in [9.17, 15) is 0 Å². The topological polar surface area (TPSA) is 41.8 Å². The molecule has 1 aliphatic heterocycles. The van der Waals surface area contributed by atoms with Gasteiger partial charge < -0.3 is 4.74 Å². The third-order valence-electron chi connectivity index (χ3n) is 1.38. The largest absolute Gasteiger partial charge is 0.519 e. The fourth-order valence-corrected chi connectivity index (χ4v) is 0.940. The zero-order chi connectivity index (χ0) is 6.10. The van der Waals surface area contributed by atoms with Gasteiger partial charge in [0.1, 0.15) is 6.54 Å². The second-order valence-electron chi connectivity index (χ2n) is 2.02. The normalized spacial score (nSPS) is 16.4. The number of nitrogens with one attached hydrogen (secondary N) is 1. The van der Waals surface area contributed by atoms with Crippen molar-refractivity contribution in [1.29, 1.82) is 0 Å². The van der Waals surface area contributed by atoms with Gasteiger partial charge in [0, 0.05) is 11.4 Å². The Morgan fingerprint density at radius 2 is 2.78 bits per heavy atom. The number of hydrogen-bond donors (Lipinski definition) is 1. The maximum absolute atomic E-state index is 5.18. The Bertz CT molecular complexity index is 187. The first kappa shape index (κ1) is 4.78. The highest BCUT2D eigenvalue weighted by molar-refractivity contribution is 4.77. The van der Waals surface area contributed by atoms with Crippen LogP contribution in [0.4, 0.5) is 0 Å². The van der Waals surface area contributed by atoms with Gasteiger partial charge in [-0.1, -0.05) is 0 Å². The molecule has 0 aromatic carbocycles. The number of aromatic nitrogens is 3. The Hall–Kier alpha value is -1.06. The van der Waals surface area contributed by atoms with Crippen LogP contribution in [0.2, 0.25) is 0 Å². The van der Waals surface area contributed by atoms with E-state index in [0.29, 0.717) is 6.01 Å². The van der Waals surface area contributed by atoms with Crippen molar-refractivity contribution in [3.8, 4) is 6.01 Å². The summed E-state index contributed by atoms with van der Waals surface area (Å²) in [5.74, 6) is 0. The maximum Gasteiger partial charge on any atom is 0.519 e. The lowest BCUT2D eigenvalue weighted by atomic mass is 10.4. The quantitative estimate of drug-likeness (QED) is 0.475. The van der Waals surface area contributed by atoms with Crippen molar-refractivity contribution in [2.24, 2.45) is 0 Å². The second kappa shape index (κ2) is 1.72. The molecule has 0 saturated carbocycles. The van der Waals surface area contributed by atoms with Crippen molar-refractivity contribution in [2.75, 3.05) is 6.61 Å². The van der Waals surface area contributed by atoms with E-state index >= 15 is 0 Å². The van der Waals surface area contributed by atoms with Crippen LogP contribution >= 0.6 is 0 Å². The lowest BCUT2D eigenvalue weighted by Crippen LogP contribution is -2.41. The molecular weight excluding hydrogens is 118 g/mol. The van der Waals surface area contributed by atoms with E-state index in [-0.39, 0.29) is 0 Å². The van der Waals surface area contributed by atoms with Crippen molar-refractivity contribution in [2.45, 2.75) is 13.0 Å². The van der Waals surface area contributed by atoms with Crippen LogP contribution < -0.4 is 9.42 Å². The highest BCUT2D eigenvalue weighted by Crippen LogP contribution is 2.00. The van der Waals surface area contributed by atoms with Crippen LogP contribution in [0.1, 0.15) is 6.42 Å². The molecule has 9 heavy (non-hydrogen) atoms. The summed E-state index contributed by atoms with van der Waals surface area (Å²) in [6.45, 7) is 1.79. The molecule has 0 spiro atoms. The Morgan fingerprint density at radius 3 is 3.67 bits per heavy atom. The number of ether oxygens (including phenoxy) is 1. The molecule has 0 fully saturated rings. The molecule has 4 nitrogen and oxygen atoms in total. The number of rotatable bonds is 0. The summed E-state index contributed by atoms with van der Waals surface area (Å²) >= 11 is 0. The minimum absolute atomic E-state index is 0.709. The van der Waals surface area contributed by atoms with Gasteiger partial charge >= 0.3 is 6.01 Å². The van der Waals surface area contributed by atoms with E-state index < -0.39 is 0 Å². The number of aryl methyl sites for hydroxylation is 1. The van der Waals surface area contributed by atoms with Crippen molar-refractivity contribution in [3.63, 3.8) is 0 Å². The summed E-state index contributed by atoms with van der Waals surface area (Å²) in [5.41, 5.74) is 0. The molecule has 0 radical (unpaired) electrons. The maximum atomic E-state index is 5.18. The van der Waals surface area contributed by atoms with E-state index in [1.54, 1.807) is 6.33 Å². The molecule has 0 aliphatic carbocycles. The Kier molecular flexibility index (Phi) is 0.913. The highest BCUT2D eigenvalue weighted by Gasteiger charge is 2.19. The van der Waals surface area contributed by atoms with Crippen LogP contribution in [-0.2, 0) is 6.54 Å². The van der Waals surface area contributed by atoms with Gasteiger partial charge in [0.15, 0.2) is 0 Å². The van der Waals surface area contributed by atoms with Crippen LogP contribution in [0.25, 0.3) is 0 Å². The van der Waals surface area contributed by atoms with Crippen LogP contribution in [0.15, 0.2) is 6.33 Å². The van der Waals surface area contributed by atoms with Gasteiger partial charge in [-0.3, -0.25) is 0 Å². The van der Waals surface area contributed by atoms with Crippen LogP contribution in [0, 0.1) is 0 Å². The monoisotopic (exact) mass is 126 g/mol. The van der Waals surface area contributed by atoms with Gasteiger partial charge in [-0.15, -0.1) is 4.68 Å². The summed E-state index contributed by atoms with van der Waals surface area (Å²) in [4.78, 5) is 3.94. The predicted octanol–water partition coefficient (Wildman–Crippen LogP) is -0.520. The molecule has 2 heterocycles. The smallest absolute Gasteiger partial charge is 0.427 e. The van der Waals surface area contributed by atoms with Crippen LogP contribution in [0.5, 0.6) is 6.01 Å². The molecule has 48 valence electrons. The summed E-state index contributed by atoms with van der Waals surface area (Å²) < 4.78 is 7.08. The number of hydrogen-bond acceptors (Lipinski definition) is 2. The first-order valence-electron chi connectivity index (χ1n) is 3.03. The van der Waals surface area contributed by atoms with E-state index in [1.807, 2.05) is 4.68 Å². The number of H-pyrrole nitrogens is 1. The zero-order valence-corrected chi connectivity index (χ0v) is 5.00. The van der Waals surface area contributed by atoms with E-state index in [0.717, 1.165) is 19.6 Å². The van der Waals surface area contributed by atoms with Crippen molar-refractivity contribution in [3.05, 3.63) is 6.33 Å². The fraction of sp³-hybridized carbons (Fsp3) is 0.600. The summed E-state index contributed by atoms with van der Waals surface area (Å²) in [6.07, 6.45) is 2.71. The molecule has 1 aromatic heterocycles. The van der Waals surface area contributed by atoms with Crippen LogP contribution in [-0.4, -0.2) is 16.7 Å². The third kappa shape index (κ3) is 0.667. The molecule has 1 aliphatic rings. The molecule has 1 N–H and O–H groups in total. The molecule has 0 unspecified atom stereocenters. The molecule has 0 saturated heterocycles. The Morgan fingerprint density at radius 1 is 1.78 bits per heavy atom. The van der Waals surface area contributed by atoms with E-state index in [2.05, 4.69) is 10.1 Å². The number of nitrogens with zero attached hydrogens (tertiary/aromatic N) is 2. The fourth-order valence-electron chi connectivity index (χ4n) is 0.940. The molecule has 1 aromatic rings. The molecule has 0 amide bonds. The first-order valence-corrected chi connectivity index (χ1v) is 3.03. The summed E-state index contributed by atoms with van der Waals surface area (Å²) in [7, 11) is 0. The lowest BCUT2D eigenvalue weighted by Gasteiger charge is -2.04. The van der Waals surface area contributed by atoms with Gasteiger partial charge in [0.25, 0.3) is 0 Å². The molecule has 2 rings (SSSR count). The zero-order valence-electron chi connectivity index (χ0n) is 5.00. The SMILES string of the molecule is c1nc2[n+]([nH]1)CCCO2. The standard InChI is InChI=1S/C5H7N3O/c1-2-8-5(9-3-1)6-4-7-8/h4H,1-3H2/p+1. The van der Waals surface area contributed by atoms with Crippen molar-refractivity contribution < 1.29 is 9.42 Å². The minimum atomic E-state index is 0.709. The molecular formula is C5H8N3O+. The summed E-state index contributed by atoms with van der Waals surface area (Å²) in [5, 5.41) is 2.94. The average molecular weight is 126 g/mol. The van der Waals surface area contributed by atoms with Gasteiger partial charge in [0.2, 0.25) is 6.33 Å². The van der Waals surface area contributed by atoms with Crippen molar-refractivity contribution >= 4 is 0 Å². The number of fused-ring (bicyclic) bond motifs is 1. The Balaban J connectivity index is 2.39. The first-order chi connectivity index (χ1) is 4.47. The molecule has 0 atom stereocenters. The van der Waals surface area contributed by atoms with Gasteiger partial charge in [0.05, 0.1) is 6.61 Å².